The molecule has 21 aromatic carbocycles. The lowest BCUT2D eigenvalue weighted by molar-refractivity contribution is 0.660. The molecular formula is C129H79N9. The van der Waals surface area contributed by atoms with Gasteiger partial charge in [0.15, 0.2) is 0 Å². The van der Waals surface area contributed by atoms with E-state index in [0.29, 0.717) is 0 Å². The Balaban J connectivity index is 0.000000101. The summed E-state index contributed by atoms with van der Waals surface area (Å²) in [6.45, 7) is 4.69. The van der Waals surface area contributed by atoms with Crippen LogP contribution in [-0.4, -0.2) is 43.1 Å². The van der Waals surface area contributed by atoms with Crippen LogP contribution in [0.5, 0.6) is 0 Å². The largest absolute Gasteiger partial charge is 0.292 e. The standard InChI is InChI=1S/C47H31N3.C46H27N3.C36H21N3/c1-47(2)39-10-4-3-9-35(39)36-20-18-34(27-40(36)47)32-16-14-29-24-31(15-13-30(29)25-32)33-19-22-42-38(26-33)37-21-17-28-8-7-23-48-45(28)44(37)46-49-41-11-5-6-12-43(41)50(42)46;1-2-14-31-28(11-1)12-9-19-32(31)43-35-17-5-3-15-33(35)42(34-16-4-6-18-36(34)43)30-23-25-40-38(27-30)37-24-22-29-13-10-26-47-45(29)44(37)46-48-39-20-7-8-21-41(39)49(40)46;1-2-10-25-23(8-1)20-29(27-12-4-3-11-26(25)27)24-16-18-32-30(21-24)28-17-15-22-9-7-19-37-35(22)34(28)36-38-31-13-5-6-14-33(31)39(32)36/h3-27H,1-2H3;1-27H;1-21H. The molecule has 0 spiro atoms. The van der Waals surface area contributed by atoms with Crippen LogP contribution in [0.15, 0.2) is 443 Å². The van der Waals surface area contributed by atoms with Crippen molar-refractivity contribution in [3.8, 4) is 66.8 Å². The first kappa shape index (κ1) is 77.4. The van der Waals surface area contributed by atoms with Crippen molar-refractivity contribution >= 4 is 212 Å². The van der Waals surface area contributed by atoms with E-state index in [9.17, 15) is 0 Å². The van der Waals surface area contributed by atoms with Gasteiger partial charge < -0.3 is 0 Å². The number of hydrogen-bond donors (Lipinski definition) is 0. The van der Waals surface area contributed by atoms with Gasteiger partial charge in [0.05, 0.1) is 82.4 Å². The predicted molar refractivity (Wildman–Crippen MR) is 579 cm³/mol. The summed E-state index contributed by atoms with van der Waals surface area (Å²) in [4.78, 5) is 30.1. The Kier molecular flexibility index (Phi) is 16.8. The number of aromatic nitrogens is 9. The lowest BCUT2D eigenvalue weighted by Gasteiger charge is -2.22. The van der Waals surface area contributed by atoms with E-state index in [1.54, 1.807) is 0 Å². The minimum Gasteiger partial charge on any atom is -0.292 e. The molecule has 0 unspecified atom stereocenters. The van der Waals surface area contributed by atoms with Crippen molar-refractivity contribution in [1.82, 2.24) is 43.1 Å². The molecule has 0 N–H and O–H groups in total. The molecule has 31 rings (SSSR count). The van der Waals surface area contributed by atoms with Gasteiger partial charge in [-0.1, -0.05) is 323 Å². The summed E-state index contributed by atoms with van der Waals surface area (Å²) in [6, 6.07) is 154. The molecule has 9 aromatic heterocycles. The van der Waals surface area contributed by atoms with Crippen molar-refractivity contribution in [2.75, 3.05) is 0 Å². The van der Waals surface area contributed by atoms with Crippen LogP contribution in [0.25, 0.3) is 279 Å². The van der Waals surface area contributed by atoms with Gasteiger partial charge in [0.1, 0.15) is 16.9 Å². The van der Waals surface area contributed by atoms with Gasteiger partial charge in [-0.05, 0) is 274 Å². The average molecular weight is 1760 g/mol. The number of pyridine rings is 6. The second-order valence-corrected chi connectivity index (χ2v) is 37.4. The van der Waals surface area contributed by atoms with E-state index in [4.69, 9.17) is 29.9 Å². The Morgan fingerprint density at radius 3 is 1.09 bits per heavy atom. The maximum atomic E-state index is 5.19. The topological polar surface area (TPSA) is 90.6 Å². The van der Waals surface area contributed by atoms with Crippen molar-refractivity contribution in [3.05, 3.63) is 454 Å². The molecule has 640 valence electrons. The quantitative estimate of drug-likeness (QED) is 0.126. The van der Waals surface area contributed by atoms with Crippen molar-refractivity contribution in [1.29, 1.82) is 0 Å². The van der Waals surface area contributed by atoms with Gasteiger partial charge in [0, 0.05) is 56.3 Å². The fourth-order valence-electron chi connectivity index (χ4n) is 23.4. The Labute approximate surface area is 790 Å². The van der Waals surface area contributed by atoms with Crippen molar-refractivity contribution in [3.63, 3.8) is 0 Å². The summed E-state index contributed by atoms with van der Waals surface area (Å²) in [7, 11) is 0. The molecule has 0 bridgehead atoms. The highest BCUT2D eigenvalue weighted by Crippen LogP contribution is 2.52. The van der Waals surface area contributed by atoms with E-state index in [1.807, 2.05) is 36.8 Å². The van der Waals surface area contributed by atoms with Crippen LogP contribution in [0.4, 0.5) is 0 Å². The van der Waals surface area contributed by atoms with Crippen LogP contribution >= 0.6 is 0 Å². The van der Waals surface area contributed by atoms with Crippen LogP contribution in [0, 0.1) is 0 Å². The highest BCUT2D eigenvalue weighted by molar-refractivity contribution is 6.29. The van der Waals surface area contributed by atoms with Gasteiger partial charge in [0.2, 0.25) is 0 Å². The van der Waals surface area contributed by atoms with Gasteiger partial charge in [0.25, 0.3) is 0 Å². The van der Waals surface area contributed by atoms with E-state index >= 15 is 0 Å². The number of hydrogen-bond acceptors (Lipinski definition) is 6. The van der Waals surface area contributed by atoms with E-state index in [0.717, 1.165) is 121 Å². The third-order valence-corrected chi connectivity index (χ3v) is 29.7. The Morgan fingerprint density at radius 1 is 0.188 bits per heavy atom. The van der Waals surface area contributed by atoms with E-state index < -0.39 is 0 Å². The molecule has 0 fully saturated rings. The third-order valence-electron chi connectivity index (χ3n) is 29.7. The number of imidazole rings is 3. The zero-order valence-corrected chi connectivity index (χ0v) is 75.2. The average Bonchev–Trinajstić information content (AvgIpc) is 1.45. The second kappa shape index (κ2) is 29.9. The van der Waals surface area contributed by atoms with E-state index in [1.165, 1.54) is 169 Å². The maximum Gasteiger partial charge on any atom is 0.148 e. The molecule has 0 radical (unpaired) electrons. The molecule has 0 saturated carbocycles. The fourth-order valence-corrected chi connectivity index (χ4v) is 23.4. The summed E-state index contributed by atoms with van der Waals surface area (Å²) in [5.41, 5.74) is 33.3. The summed E-state index contributed by atoms with van der Waals surface area (Å²) in [5.74, 6) is 0. The molecule has 30 aromatic rings. The first-order valence-corrected chi connectivity index (χ1v) is 47.3. The van der Waals surface area contributed by atoms with Crippen molar-refractivity contribution in [2.24, 2.45) is 0 Å². The van der Waals surface area contributed by atoms with Crippen molar-refractivity contribution < 1.29 is 0 Å². The maximum absolute atomic E-state index is 5.19. The van der Waals surface area contributed by atoms with Gasteiger partial charge in [-0.25, -0.2) is 15.0 Å². The Hall–Kier alpha value is -18.2. The summed E-state index contributed by atoms with van der Waals surface area (Å²) >= 11 is 0. The second-order valence-electron chi connectivity index (χ2n) is 37.4. The number of rotatable bonds is 5. The summed E-state index contributed by atoms with van der Waals surface area (Å²) in [5, 5.41) is 28.8. The van der Waals surface area contributed by atoms with Gasteiger partial charge in [-0.2, -0.15) is 0 Å². The normalized spacial score (nSPS) is 12.6. The number of fused-ring (bicyclic) bond motifs is 40. The molecular weight excluding hydrogens is 1680 g/mol. The number of benzene rings is 21. The van der Waals surface area contributed by atoms with Gasteiger partial charge in [-0.3, -0.25) is 28.2 Å². The Morgan fingerprint density at radius 2 is 0.551 bits per heavy atom. The first-order chi connectivity index (χ1) is 68.2. The SMILES string of the molecule is CC1(C)c2ccccc2-c2ccc(-c3ccc4cc(-c5ccc6c(c5)c5ccc7cccnc7c5c5nc7ccccc7n65)ccc4c3)cc21.c1ccc2c(-c3c4ccccc4c(-c4ccc5c(c4)c4ccc6cccnc6c4c4nc6ccccc6n54)c4ccccc34)cccc2c1.c1ccc2c(c1)cc(-c1ccc3c(c1)c1ccc4cccnc4c1c1nc4ccccc4n31)c1ccccc12. The van der Waals surface area contributed by atoms with Crippen LogP contribution < -0.4 is 0 Å². The fraction of sp³-hybridized carbons (Fsp3) is 0.0233. The summed E-state index contributed by atoms with van der Waals surface area (Å²) < 4.78 is 6.94. The van der Waals surface area contributed by atoms with Crippen LogP contribution in [0.3, 0.4) is 0 Å². The monoisotopic (exact) mass is 1750 g/mol. The highest BCUT2D eigenvalue weighted by Gasteiger charge is 2.36. The molecule has 0 saturated heterocycles. The molecule has 9 heteroatoms. The highest BCUT2D eigenvalue weighted by atomic mass is 15.0. The number of nitrogens with zero attached hydrogens (tertiary/aromatic N) is 9. The van der Waals surface area contributed by atoms with E-state index in [-0.39, 0.29) is 5.41 Å². The molecule has 0 aliphatic heterocycles. The minimum atomic E-state index is -0.0147. The lowest BCUT2D eigenvalue weighted by Crippen LogP contribution is -2.14. The zero-order valence-electron chi connectivity index (χ0n) is 75.2. The molecule has 1 aliphatic carbocycles. The summed E-state index contributed by atoms with van der Waals surface area (Å²) in [6.07, 6.45) is 5.65. The van der Waals surface area contributed by atoms with Crippen molar-refractivity contribution in [2.45, 2.75) is 19.3 Å². The molecule has 0 atom stereocenters. The first-order valence-electron chi connectivity index (χ1n) is 47.3. The minimum absolute atomic E-state index is 0.0147. The molecule has 9 nitrogen and oxygen atoms in total. The van der Waals surface area contributed by atoms with Gasteiger partial charge in [-0.15, -0.1) is 0 Å². The zero-order chi connectivity index (χ0) is 90.7. The van der Waals surface area contributed by atoms with Crippen LogP contribution in [0.2, 0.25) is 0 Å². The molecule has 138 heavy (non-hydrogen) atoms. The molecule has 0 amide bonds. The Bertz CT molecular complexity index is 10500. The van der Waals surface area contributed by atoms with Crippen LogP contribution in [0.1, 0.15) is 25.0 Å². The van der Waals surface area contributed by atoms with E-state index in [2.05, 4.69) is 433 Å². The number of para-hydroxylation sites is 6. The lowest BCUT2D eigenvalue weighted by atomic mass is 9.81. The van der Waals surface area contributed by atoms with Gasteiger partial charge >= 0.3 is 0 Å². The predicted octanol–water partition coefficient (Wildman–Crippen LogP) is 33.6. The van der Waals surface area contributed by atoms with Crippen LogP contribution in [-0.2, 0) is 5.41 Å². The molecule has 9 heterocycles. The smallest absolute Gasteiger partial charge is 0.148 e. The third kappa shape index (κ3) is 11.6. The molecule has 1 aliphatic rings.